The van der Waals surface area contributed by atoms with Crippen molar-refractivity contribution in [1.82, 2.24) is 10.2 Å². The largest absolute Gasteiger partial charge is 0.318 e. The molecule has 0 aliphatic heterocycles. The van der Waals surface area contributed by atoms with Gasteiger partial charge in [0.15, 0.2) is 0 Å². The van der Waals surface area contributed by atoms with E-state index in [2.05, 4.69) is 20.8 Å². The van der Waals surface area contributed by atoms with Crippen molar-refractivity contribution in [3.05, 3.63) is 34.3 Å². The van der Waals surface area contributed by atoms with Crippen LogP contribution in [0.2, 0.25) is 0 Å². The number of aromatic nitrogens is 2. The molecule has 2 amide bonds. The standard InChI is InChI=1S/C13H14N4O2S/c1-7-4-5-10(6-8(7)2)14-11(18)12(19)15-13-17-16-9(3)20-13/h4-6H,1-3H3,(H,14,18)(H,15,17,19). The van der Waals surface area contributed by atoms with E-state index in [1.165, 1.54) is 11.3 Å². The van der Waals surface area contributed by atoms with Gasteiger partial charge in [0.25, 0.3) is 0 Å². The molecule has 6 nitrogen and oxygen atoms in total. The van der Waals surface area contributed by atoms with Crippen LogP contribution in [0.5, 0.6) is 0 Å². The van der Waals surface area contributed by atoms with Crippen molar-refractivity contribution < 1.29 is 9.59 Å². The van der Waals surface area contributed by atoms with Gasteiger partial charge in [0, 0.05) is 5.69 Å². The van der Waals surface area contributed by atoms with Gasteiger partial charge >= 0.3 is 11.8 Å². The lowest BCUT2D eigenvalue weighted by Gasteiger charge is -2.07. The zero-order chi connectivity index (χ0) is 14.7. The molecule has 1 heterocycles. The first-order valence-electron chi connectivity index (χ1n) is 5.95. The normalized spacial score (nSPS) is 10.2. The van der Waals surface area contributed by atoms with Crippen LogP contribution in [-0.4, -0.2) is 22.0 Å². The van der Waals surface area contributed by atoms with Crippen LogP contribution in [0.15, 0.2) is 18.2 Å². The van der Waals surface area contributed by atoms with Crippen molar-refractivity contribution in [1.29, 1.82) is 0 Å². The third-order valence-corrected chi connectivity index (χ3v) is 3.47. The first kappa shape index (κ1) is 14.1. The molecule has 2 aromatic rings. The highest BCUT2D eigenvalue weighted by Gasteiger charge is 2.16. The van der Waals surface area contributed by atoms with Crippen LogP contribution in [0, 0.1) is 20.8 Å². The minimum Gasteiger partial charge on any atom is -0.318 e. The fourth-order valence-electron chi connectivity index (χ4n) is 1.51. The fourth-order valence-corrected chi connectivity index (χ4v) is 2.09. The van der Waals surface area contributed by atoms with E-state index >= 15 is 0 Å². The molecule has 2 N–H and O–H groups in total. The Hall–Kier alpha value is -2.28. The number of anilines is 2. The molecular weight excluding hydrogens is 276 g/mol. The molecule has 0 unspecified atom stereocenters. The molecular formula is C13H14N4O2S. The van der Waals surface area contributed by atoms with E-state index in [0.717, 1.165) is 16.1 Å². The zero-order valence-electron chi connectivity index (χ0n) is 11.4. The predicted molar refractivity (Wildman–Crippen MR) is 77.8 cm³/mol. The summed E-state index contributed by atoms with van der Waals surface area (Å²) in [7, 11) is 0. The predicted octanol–water partition coefficient (Wildman–Crippen LogP) is 2.04. The van der Waals surface area contributed by atoms with Crippen LogP contribution in [0.25, 0.3) is 0 Å². The van der Waals surface area contributed by atoms with Crippen LogP contribution in [-0.2, 0) is 9.59 Å². The molecule has 0 saturated heterocycles. The van der Waals surface area contributed by atoms with Gasteiger partial charge in [-0.2, -0.15) is 0 Å². The molecule has 0 saturated carbocycles. The summed E-state index contributed by atoms with van der Waals surface area (Å²) in [5.41, 5.74) is 2.75. The van der Waals surface area contributed by atoms with E-state index in [4.69, 9.17) is 0 Å². The number of aryl methyl sites for hydroxylation is 3. The van der Waals surface area contributed by atoms with E-state index in [0.29, 0.717) is 10.8 Å². The third kappa shape index (κ3) is 3.39. The number of nitrogens with one attached hydrogen (secondary N) is 2. The quantitative estimate of drug-likeness (QED) is 0.829. The highest BCUT2D eigenvalue weighted by atomic mass is 32.1. The lowest BCUT2D eigenvalue weighted by atomic mass is 10.1. The second-order valence-corrected chi connectivity index (χ2v) is 5.52. The van der Waals surface area contributed by atoms with Gasteiger partial charge in [0.2, 0.25) is 5.13 Å². The summed E-state index contributed by atoms with van der Waals surface area (Å²) in [6, 6.07) is 5.45. The topological polar surface area (TPSA) is 84.0 Å². The maximum Gasteiger partial charge on any atom is 0.315 e. The van der Waals surface area contributed by atoms with E-state index in [-0.39, 0.29) is 0 Å². The summed E-state index contributed by atoms with van der Waals surface area (Å²) < 4.78 is 0. The van der Waals surface area contributed by atoms with E-state index in [1.54, 1.807) is 13.0 Å². The molecule has 20 heavy (non-hydrogen) atoms. The molecule has 2 rings (SSSR count). The number of carbonyl (C=O) groups is 2. The molecule has 0 fully saturated rings. The SMILES string of the molecule is Cc1nnc(NC(=O)C(=O)Nc2ccc(C)c(C)c2)s1. The van der Waals surface area contributed by atoms with Crippen molar-refractivity contribution in [3.63, 3.8) is 0 Å². The average molecular weight is 290 g/mol. The summed E-state index contributed by atoms with van der Waals surface area (Å²) in [6.45, 7) is 5.68. The molecule has 7 heteroatoms. The Morgan fingerprint density at radius 2 is 1.70 bits per heavy atom. The summed E-state index contributed by atoms with van der Waals surface area (Å²) >= 11 is 1.21. The molecule has 0 bridgehead atoms. The maximum absolute atomic E-state index is 11.8. The first-order chi connectivity index (χ1) is 9.45. The van der Waals surface area contributed by atoms with E-state index in [9.17, 15) is 9.59 Å². The van der Waals surface area contributed by atoms with Gasteiger partial charge in [-0.15, -0.1) is 10.2 Å². The monoisotopic (exact) mass is 290 g/mol. The Morgan fingerprint density at radius 3 is 2.30 bits per heavy atom. The van der Waals surface area contributed by atoms with Crippen LogP contribution < -0.4 is 10.6 Å². The summed E-state index contributed by atoms with van der Waals surface area (Å²) in [6.07, 6.45) is 0. The van der Waals surface area contributed by atoms with Gasteiger partial charge in [-0.1, -0.05) is 17.4 Å². The van der Waals surface area contributed by atoms with Crippen molar-refractivity contribution in [2.75, 3.05) is 10.6 Å². The van der Waals surface area contributed by atoms with E-state index in [1.807, 2.05) is 26.0 Å². The second-order valence-electron chi connectivity index (χ2n) is 4.33. The van der Waals surface area contributed by atoms with Gasteiger partial charge in [0.05, 0.1) is 0 Å². The van der Waals surface area contributed by atoms with Gasteiger partial charge in [0.1, 0.15) is 5.01 Å². The Bertz CT molecular complexity index is 666. The highest BCUT2D eigenvalue weighted by Crippen LogP contribution is 2.15. The molecule has 1 aromatic heterocycles. The van der Waals surface area contributed by atoms with Gasteiger partial charge in [-0.3, -0.25) is 14.9 Å². The summed E-state index contributed by atoms with van der Waals surface area (Å²) in [5, 5.41) is 13.5. The molecule has 104 valence electrons. The van der Waals surface area contributed by atoms with Gasteiger partial charge in [-0.25, -0.2) is 0 Å². The number of hydrogen-bond acceptors (Lipinski definition) is 5. The molecule has 0 spiro atoms. The van der Waals surface area contributed by atoms with Crippen molar-refractivity contribution in [2.24, 2.45) is 0 Å². The molecule has 0 aliphatic rings. The summed E-state index contributed by atoms with van der Waals surface area (Å²) in [4.78, 5) is 23.4. The lowest BCUT2D eigenvalue weighted by molar-refractivity contribution is -0.133. The Labute approximate surface area is 120 Å². The molecule has 0 aliphatic carbocycles. The highest BCUT2D eigenvalue weighted by molar-refractivity contribution is 7.15. The molecule has 1 aromatic carbocycles. The lowest BCUT2D eigenvalue weighted by Crippen LogP contribution is -2.29. The number of amides is 2. The van der Waals surface area contributed by atoms with Gasteiger partial charge in [-0.05, 0) is 44.0 Å². The Morgan fingerprint density at radius 1 is 1.00 bits per heavy atom. The number of nitrogens with zero attached hydrogens (tertiary/aromatic N) is 2. The first-order valence-corrected chi connectivity index (χ1v) is 6.77. The third-order valence-electron chi connectivity index (χ3n) is 2.72. The van der Waals surface area contributed by atoms with Crippen LogP contribution >= 0.6 is 11.3 Å². The van der Waals surface area contributed by atoms with Crippen LogP contribution in [0.3, 0.4) is 0 Å². The smallest absolute Gasteiger partial charge is 0.315 e. The minimum absolute atomic E-state index is 0.308. The zero-order valence-corrected chi connectivity index (χ0v) is 12.2. The number of benzene rings is 1. The number of rotatable bonds is 2. The molecule has 0 radical (unpaired) electrons. The van der Waals surface area contributed by atoms with Crippen LogP contribution in [0.4, 0.5) is 10.8 Å². The van der Waals surface area contributed by atoms with Crippen molar-refractivity contribution >= 4 is 34.0 Å². The minimum atomic E-state index is -0.764. The average Bonchev–Trinajstić information content (AvgIpc) is 2.79. The Kier molecular flexibility index (Phi) is 4.09. The van der Waals surface area contributed by atoms with E-state index < -0.39 is 11.8 Å². The Balaban J connectivity index is 2.00. The summed E-state index contributed by atoms with van der Waals surface area (Å²) in [5.74, 6) is -1.50. The van der Waals surface area contributed by atoms with Crippen molar-refractivity contribution in [2.45, 2.75) is 20.8 Å². The number of hydrogen-bond donors (Lipinski definition) is 2. The van der Waals surface area contributed by atoms with Crippen LogP contribution in [0.1, 0.15) is 16.1 Å². The molecule has 0 atom stereocenters. The number of carbonyl (C=O) groups excluding carboxylic acids is 2. The van der Waals surface area contributed by atoms with Crippen molar-refractivity contribution in [3.8, 4) is 0 Å². The second kappa shape index (κ2) is 5.79. The fraction of sp³-hybridized carbons (Fsp3) is 0.231. The maximum atomic E-state index is 11.8. The van der Waals surface area contributed by atoms with Gasteiger partial charge < -0.3 is 5.32 Å².